The summed E-state index contributed by atoms with van der Waals surface area (Å²) >= 11 is 0. The number of hydrogen-bond acceptors (Lipinski definition) is 3. The third-order valence-corrected chi connectivity index (χ3v) is 6.51. The van der Waals surface area contributed by atoms with Crippen LogP contribution in [0, 0.1) is 12.7 Å². The first-order chi connectivity index (χ1) is 16.3. The smallest absolute Gasteiger partial charge is 0.278 e. The third kappa shape index (κ3) is 5.65. The number of anilines is 1. The van der Waals surface area contributed by atoms with Gasteiger partial charge in [0.1, 0.15) is 11.3 Å². The minimum atomic E-state index is -3.89. The van der Waals surface area contributed by atoms with Gasteiger partial charge >= 0.3 is 0 Å². The van der Waals surface area contributed by atoms with E-state index in [9.17, 15) is 17.6 Å². The zero-order chi connectivity index (χ0) is 24.1. The number of aromatic nitrogens is 1. The van der Waals surface area contributed by atoms with Crippen molar-refractivity contribution in [2.45, 2.75) is 18.4 Å². The predicted molar refractivity (Wildman–Crippen MR) is 128 cm³/mol. The molecule has 0 spiro atoms. The molecule has 0 atom stereocenters. The molecule has 0 radical (unpaired) electrons. The Balaban J connectivity index is 1.54. The van der Waals surface area contributed by atoms with E-state index < -0.39 is 21.7 Å². The highest BCUT2D eigenvalue weighted by atomic mass is 32.2. The number of hydrogen-bond donors (Lipinski definition) is 1. The van der Waals surface area contributed by atoms with Crippen molar-refractivity contribution < 1.29 is 17.6 Å². The summed E-state index contributed by atoms with van der Waals surface area (Å²) in [5.41, 5.74) is 3.22. The minimum Gasteiger partial charge on any atom is -0.328 e. The van der Waals surface area contributed by atoms with Crippen LogP contribution in [0.4, 0.5) is 10.1 Å². The van der Waals surface area contributed by atoms with Gasteiger partial charge in [0.15, 0.2) is 0 Å². The number of sulfonamides is 1. The Hall–Kier alpha value is -4.04. The number of aryl methyl sites for hydroxylation is 1. The van der Waals surface area contributed by atoms with Crippen molar-refractivity contribution in [2.75, 3.05) is 4.72 Å². The molecule has 0 saturated carbocycles. The molecule has 0 unspecified atom stereocenters. The first-order valence-corrected chi connectivity index (χ1v) is 12.0. The number of benzene rings is 3. The van der Waals surface area contributed by atoms with Crippen LogP contribution in [0.3, 0.4) is 0 Å². The number of amides is 1. The maximum absolute atomic E-state index is 13.0. The van der Waals surface area contributed by atoms with Gasteiger partial charge in [-0.05, 0) is 73.2 Å². The minimum absolute atomic E-state index is 0.0254. The van der Waals surface area contributed by atoms with Gasteiger partial charge in [-0.3, -0.25) is 9.52 Å². The van der Waals surface area contributed by atoms with Gasteiger partial charge < -0.3 is 4.57 Å². The molecule has 3 aromatic carbocycles. The molecule has 1 N–H and O–H groups in total. The topological polar surface area (TPSA) is 80.5 Å². The highest BCUT2D eigenvalue weighted by Crippen LogP contribution is 2.17. The lowest BCUT2D eigenvalue weighted by molar-refractivity contribution is 0.0997. The number of nitrogens with zero attached hydrogens (tertiary/aromatic N) is 2. The Labute approximate surface area is 197 Å². The standard InChI is InChI=1S/C26H22FN3O3S/c1-19-5-7-20(8-6-19)18-30-17-3-2-4-25(30)28-26(31)21-9-15-24(16-10-21)34(32,33)29-23-13-11-22(27)12-14-23/h2-17,29H,18H2,1H3. The summed E-state index contributed by atoms with van der Waals surface area (Å²) in [5.74, 6) is -0.951. The molecule has 4 rings (SSSR count). The van der Waals surface area contributed by atoms with E-state index in [0.29, 0.717) is 12.0 Å². The van der Waals surface area contributed by atoms with Gasteiger partial charge in [0.2, 0.25) is 0 Å². The Morgan fingerprint density at radius 2 is 1.59 bits per heavy atom. The van der Waals surface area contributed by atoms with E-state index >= 15 is 0 Å². The second-order valence-electron chi connectivity index (χ2n) is 7.73. The van der Waals surface area contributed by atoms with E-state index in [1.807, 2.05) is 48.0 Å². The van der Waals surface area contributed by atoms with Crippen LogP contribution in [-0.2, 0) is 16.6 Å². The van der Waals surface area contributed by atoms with Gasteiger partial charge in [0.05, 0.1) is 4.90 Å². The third-order valence-electron chi connectivity index (χ3n) is 5.11. The van der Waals surface area contributed by atoms with Crippen molar-refractivity contribution in [3.8, 4) is 0 Å². The Bertz CT molecular complexity index is 1480. The molecule has 4 aromatic rings. The van der Waals surface area contributed by atoms with Crippen molar-refractivity contribution in [3.05, 3.63) is 125 Å². The zero-order valence-corrected chi connectivity index (χ0v) is 19.2. The Morgan fingerprint density at radius 3 is 2.26 bits per heavy atom. The molecule has 1 heterocycles. The maximum Gasteiger partial charge on any atom is 0.278 e. The monoisotopic (exact) mass is 475 g/mol. The average molecular weight is 476 g/mol. The van der Waals surface area contributed by atoms with Crippen LogP contribution in [0.1, 0.15) is 21.5 Å². The van der Waals surface area contributed by atoms with Gasteiger partial charge in [0.25, 0.3) is 15.9 Å². The van der Waals surface area contributed by atoms with E-state index in [1.54, 1.807) is 12.1 Å². The quantitative estimate of drug-likeness (QED) is 0.445. The van der Waals surface area contributed by atoms with Gasteiger partial charge in [-0.2, -0.15) is 4.99 Å². The average Bonchev–Trinajstić information content (AvgIpc) is 2.83. The Kier molecular flexibility index (Phi) is 6.70. The molecular weight excluding hydrogens is 453 g/mol. The molecule has 0 saturated heterocycles. The molecular formula is C26H22FN3O3S. The van der Waals surface area contributed by atoms with Crippen LogP contribution < -0.4 is 10.2 Å². The van der Waals surface area contributed by atoms with Gasteiger partial charge in [-0.15, -0.1) is 0 Å². The molecule has 0 fully saturated rings. The summed E-state index contributed by atoms with van der Waals surface area (Å²) in [5, 5.41) is 0. The first-order valence-electron chi connectivity index (χ1n) is 10.5. The number of carbonyl (C=O) groups excluding carboxylic acids is 1. The van der Waals surface area contributed by atoms with E-state index in [4.69, 9.17) is 0 Å². The number of pyridine rings is 1. The zero-order valence-electron chi connectivity index (χ0n) is 18.4. The molecule has 0 aliphatic carbocycles. The molecule has 0 aliphatic heterocycles. The SMILES string of the molecule is Cc1ccc(Cn2ccccc2=NC(=O)c2ccc(S(=O)(=O)Nc3ccc(F)cc3)cc2)cc1. The molecule has 34 heavy (non-hydrogen) atoms. The van der Waals surface area contributed by atoms with E-state index in [1.165, 1.54) is 42.0 Å². The van der Waals surface area contributed by atoms with Crippen LogP contribution in [0.15, 0.2) is 107 Å². The summed E-state index contributed by atoms with van der Waals surface area (Å²) in [6, 6.07) is 24.0. The summed E-state index contributed by atoms with van der Waals surface area (Å²) in [7, 11) is -3.89. The molecule has 1 aromatic heterocycles. The number of carbonyl (C=O) groups is 1. The van der Waals surface area contributed by atoms with Crippen molar-refractivity contribution in [3.63, 3.8) is 0 Å². The number of halogens is 1. The largest absolute Gasteiger partial charge is 0.328 e. The van der Waals surface area contributed by atoms with E-state index in [2.05, 4.69) is 9.71 Å². The van der Waals surface area contributed by atoms with Crippen molar-refractivity contribution in [1.82, 2.24) is 4.57 Å². The summed E-state index contributed by atoms with van der Waals surface area (Å²) in [4.78, 5) is 17.0. The lowest BCUT2D eigenvalue weighted by Gasteiger charge is -2.09. The number of rotatable bonds is 6. The first kappa shape index (κ1) is 23.1. The van der Waals surface area contributed by atoms with Crippen molar-refractivity contribution in [1.29, 1.82) is 0 Å². The van der Waals surface area contributed by atoms with Gasteiger partial charge in [-0.1, -0.05) is 35.9 Å². The molecule has 6 nitrogen and oxygen atoms in total. The highest BCUT2D eigenvalue weighted by molar-refractivity contribution is 7.92. The Morgan fingerprint density at radius 1 is 0.912 bits per heavy atom. The fraction of sp³-hybridized carbons (Fsp3) is 0.0769. The fourth-order valence-corrected chi connectivity index (χ4v) is 4.33. The summed E-state index contributed by atoms with van der Waals surface area (Å²) in [6.45, 7) is 2.58. The summed E-state index contributed by atoms with van der Waals surface area (Å²) in [6.07, 6.45) is 1.85. The van der Waals surface area contributed by atoms with Crippen molar-refractivity contribution in [2.24, 2.45) is 4.99 Å². The van der Waals surface area contributed by atoms with Gasteiger partial charge in [0, 0.05) is 24.0 Å². The predicted octanol–water partition coefficient (Wildman–Crippen LogP) is 4.53. The molecule has 8 heteroatoms. The second kappa shape index (κ2) is 9.84. The number of nitrogens with one attached hydrogen (secondary N) is 1. The van der Waals surface area contributed by atoms with Crippen LogP contribution in [0.25, 0.3) is 0 Å². The second-order valence-corrected chi connectivity index (χ2v) is 9.41. The van der Waals surface area contributed by atoms with Crippen molar-refractivity contribution >= 4 is 21.6 Å². The fourth-order valence-electron chi connectivity index (χ4n) is 3.27. The van der Waals surface area contributed by atoms with Crippen LogP contribution in [0.5, 0.6) is 0 Å². The normalized spacial score (nSPS) is 11.9. The molecule has 0 bridgehead atoms. The highest BCUT2D eigenvalue weighted by Gasteiger charge is 2.15. The maximum atomic E-state index is 13.0. The van der Waals surface area contributed by atoms with Crippen LogP contribution in [0.2, 0.25) is 0 Å². The lowest BCUT2D eigenvalue weighted by Crippen LogP contribution is -2.22. The molecule has 0 aliphatic rings. The summed E-state index contributed by atoms with van der Waals surface area (Å²) < 4.78 is 42.5. The lowest BCUT2D eigenvalue weighted by atomic mass is 10.1. The van der Waals surface area contributed by atoms with E-state index in [-0.39, 0.29) is 16.1 Å². The van der Waals surface area contributed by atoms with E-state index in [0.717, 1.165) is 17.7 Å². The molecule has 172 valence electrons. The van der Waals surface area contributed by atoms with Gasteiger partial charge in [-0.25, -0.2) is 12.8 Å². The van der Waals surface area contributed by atoms with Crippen LogP contribution in [-0.4, -0.2) is 18.9 Å². The molecule has 1 amide bonds. The van der Waals surface area contributed by atoms with Crippen LogP contribution >= 0.6 is 0 Å².